The molecule has 0 heterocycles. The van der Waals surface area contributed by atoms with Gasteiger partial charge in [0.2, 0.25) is 0 Å². The van der Waals surface area contributed by atoms with Gasteiger partial charge >= 0.3 is 0 Å². The zero-order valence-electron chi connectivity index (χ0n) is 9.04. The number of hydrogen-bond donors (Lipinski definition) is 0. The van der Waals surface area contributed by atoms with Crippen molar-refractivity contribution in [3.63, 3.8) is 0 Å². The van der Waals surface area contributed by atoms with Crippen LogP contribution in [0, 0.1) is 0 Å². The normalized spacial score (nSPS) is 10.0. The van der Waals surface area contributed by atoms with Gasteiger partial charge in [-0.1, -0.05) is 35.0 Å². The lowest BCUT2D eigenvalue weighted by Gasteiger charge is -2.11. The molecular weight excluding hydrogens is 256 g/mol. The molecule has 0 amide bonds. The number of alkyl halides is 1. The van der Waals surface area contributed by atoms with Crippen molar-refractivity contribution in [3.05, 3.63) is 24.3 Å². The lowest BCUT2D eigenvalue weighted by Crippen LogP contribution is -2.01. The highest BCUT2D eigenvalue weighted by Crippen LogP contribution is 2.26. The molecule has 0 radical (unpaired) electrons. The number of rotatable bonds is 7. The Morgan fingerprint density at radius 3 is 2.20 bits per heavy atom. The summed E-state index contributed by atoms with van der Waals surface area (Å²) >= 11 is 3.37. The maximum absolute atomic E-state index is 5.62. The van der Waals surface area contributed by atoms with E-state index in [1.54, 1.807) is 0 Å². The molecule has 0 saturated carbocycles. The van der Waals surface area contributed by atoms with Gasteiger partial charge in [0.15, 0.2) is 11.5 Å². The van der Waals surface area contributed by atoms with Crippen LogP contribution in [0.3, 0.4) is 0 Å². The molecule has 84 valence electrons. The molecule has 0 aliphatic heterocycles. The molecule has 0 spiro atoms. The number of para-hydroxylation sites is 2. The van der Waals surface area contributed by atoms with E-state index in [1.807, 2.05) is 24.3 Å². The molecule has 1 rings (SSSR count). The van der Waals surface area contributed by atoms with E-state index in [0.29, 0.717) is 0 Å². The molecule has 1 aromatic carbocycles. The fourth-order valence-electron chi connectivity index (χ4n) is 1.14. The summed E-state index contributed by atoms with van der Waals surface area (Å²) in [5, 5.41) is 0.963. The van der Waals surface area contributed by atoms with Crippen molar-refractivity contribution < 1.29 is 9.47 Å². The summed E-state index contributed by atoms with van der Waals surface area (Å²) in [7, 11) is 0. The summed E-state index contributed by atoms with van der Waals surface area (Å²) in [4.78, 5) is 0. The second-order valence-electron chi connectivity index (χ2n) is 3.19. The first kappa shape index (κ1) is 12.4. The minimum atomic E-state index is 0.720. The predicted molar refractivity (Wildman–Crippen MR) is 66.1 cm³/mol. The van der Waals surface area contributed by atoms with Gasteiger partial charge in [0, 0.05) is 5.33 Å². The van der Waals surface area contributed by atoms with E-state index >= 15 is 0 Å². The van der Waals surface area contributed by atoms with Crippen LogP contribution in [0.1, 0.15) is 19.8 Å². The fraction of sp³-hybridized carbons (Fsp3) is 0.500. The van der Waals surface area contributed by atoms with Crippen LogP contribution in [0.2, 0.25) is 0 Å². The molecule has 0 aliphatic rings. The zero-order chi connectivity index (χ0) is 10.9. The predicted octanol–water partition coefficient (Wildman–Crippen LogP) is 3.64. The Hall–Kier alpha value is -0.700. The van der Waals surface area contributed by atoms with Crippen molar-refractivity contribution >= 4 is 15.9 Å². The van der Waals surface area contributed by atoms with Crippen LogP contribution in [0.15, 0.2) is 24.3 Å². The molecule has 0 bridgehead atoms. The van der Waals surface area contributed by atoms with E-state index in [1.165, 1.54) is 0 Å². The Balaban J connectivity index is 2.52. The summed E-state index contributed by atoms with van der Waals surface area (Å²) in [5.41, 5.74) is 0. The Kier molecular flexibility index (Phi) is 6.25. The van der Waals surface area contributed by atoms with E-state index in [4.69, 9.17) is 9.47 Å². The molecule has 0 aliphatic carbocycles. The number of hydrogen-bond acceptors (Lipinski definition) is 2. The monoisotopic (exact) mass is 272 g/mol. The lowest BCUT2D eigenvalue weighted by atomic mass is 10.3. The SMILES string of the molecule is CCCOc1ccccc1OCCCBr. The Morgan fingerprint density at radius 2 is 1.67 bits per heavy atom. The van der Waals surface area contributed by atoms with Gasteiger partial charge in [-0.25, -0.2) is 0 Å². The zero-order valence-corrected chi connectivity index (χ0v) is 10.6. The van der Waals surface area contributed by atoms with Crippen molar-refractivity contribution in [1.82, 2.24) is 0 Å². The van der Waals surface area contributed by atoms with Gasteiger partial charge in [0.1, 0.15) is 0 Å². The highest BCUT2D eigenvalue weighted by molar-refractivity contribution is 9.09. The second kappa shape index (κ2) is 7.57. The van der Waals surface area contributed by atoms with Crippen LogP contribution in [0.4, 0.5) is 0 Å². The van der Waals surface area contributed by atoms with Crippen LogP contribution >= 0.6 is 15.9 Å². The van der Waals surface area contributed by atoms with Crippen LogP contribution in [0.5, 0.6) is 11.5 Å². The lowest BCUT2D eigenvalue weighted by molar-refractivity contribution is 0.269. The maximum Gasteiger partial charge on any atom is 0.161 e. The number of benzene rings is 1. The standard InChI is InChI=1S/C12H17BrO2/c1-2-9-14-11-6-3-4-7-12(11)15-10-5-8-13/h3-4,6-7H,2,5,8-10H2,1H3. The summed E-state index contributed by atoms with van der Waals surface area (Å²) in [5.74, 6) is 1.68. The molecule has 2 nitrogen and oxygen atoms in total. The Labute approximate surface area is 99.7 Å². The first-order chi connectivity index (χ1) is 7.38. The highest BCUT2D eigenvalue weighted by atomic mass is 79.9. The molecule has 0 fully saturated rings. The van der Waals surface area contributed by atoms with Crippen LogP contribution in [-0.2, 0) is 0 Å². The van der Waals surface area contributed by atoms with Gasteiger partial charge in [-0.3, -0.25) is 0 Å². The molecule has 3 heteroatoms. The molecule has 0 atom stereocenters. The maximum atomic E-state index is 5.62. The molecular formula is C12H17BrO2. The smallest absolute Gasteiger partial charge is 0.161 e. The molecule has 0 N–H and O–H groups in total. The first-order valence-corrected chi connectivity index (χ1v) is 6.41. The minimum absolute atomic E-state index is 0.720. The third-order valence-electron chi connectivity index (χ3n) is 1.85. The molecule has 0 unspecified atom stereocenters. The summed E-state index contributed by atoms with van der Waals surface area (Å²) < 4.78 is 11.2. The quantitative estimate of drug-likeness (QED) is 0.557. The van der Waals surface area contributed by atoms with E-state index < -0.39 is 0 Å². The molecule has 0 saturated heterocycles. The van der Waals surface area contributed by atoms with E-state index in [2.05, 4.69) is 22.9 Å². The largest absolute Gasteiger partial charge is 0.490 e. The minimum Gasteiger partial charge on any atom is -0.490 e. The van der Waals surface area contributed by atoms with Crippen LogP contribution in [0.25, 0.3) is 0 Å². The van der Waals surface area contributed by atoms with Crippen molar-refractivity contribution in [1.29, 1.82) is 0 Å². The summed E-state index contributed by atoms with van der Waals surface area (Å²) in [6, 6.07) is 7.81. The number of ether oxygens (including phenoxy) is 2. The molecule has 1 aromatic rings. The Morgan fingerprint density at radius 1 is 1.07 bits per heavy atom. The first-order valence-electron chi connectivity index (χ1n) is 5.29. The van der Waals surface area contributed by atoms with Crippen molar-refractivity contribution in [2.24, 2.45) is 0 Å². The average Bonchev–Trinajstić information content (AvgIpc) is 2.28. The highest BCUT2D eigenvalue weighted by Gasteiger charge is 2.02. The Bertz CT molecular complexity index is 276. The van der Waals surface area contributed by atoms with Crippen LogP contribution < -0.4 is 9.47 Å². The number of halogens is 1. The van der Waals surface area contributed by atoms with Gasteiger partial charge in [0.05, 0.1) is 13.2 Å². The third-order valence-corrected chi connectivity index (χ3v) is 2.41. The topological polar surface area (TPSA) is 18.5 Å². The van der Waals surface area contributed by atoms with Gasteiger partial charge in [-0.2, -0.15) is 0 Å². The van der Waals surface area contributed by atoms with Crippen molar-refractivity contribution in [2.45, 2.75) is 19.8 Å². The fourth-order valence-corrected chi connectivity index (χ4v) is 1.37. The second-order valence-corrected chi connectivity index (χ2v) is 3.98. The average molecular weight is 273 g/mol. The van der Waals surface area contributed by atoms with Gasteiger partial charge in [0.25, 0.3) is 0 Å². The third kappa shape index (κ3) is 4.56. The summed E-state index contributed by atoms with van der Waals surface area (Å²) in [6.45, 7) is 3.55. The van der Waals surface area contributed by atoms with Crippen molar-refractivity contribution in [3.8, 4) is 11.5 Å². The summed E-state index contributed by atoms with van der Waals surface area (Å²) in [6.07, 6.45) is 2.01. The van der Waals surface area contributed by atoms with Crippen LogP contribution in [-0.4, -0.2) is 18.5 Å². The van der Waals surface area contributed by atoms with Gasteiger partial charge < -0.3 is 9.47 Å². The van der Waals surface area contributed by atoms with E-state index in [0.717, 1.165) is 42.9 Å². The van der Waals surface area contributed by atoms with Gasteiger partial charge in [-0.05, 0) is 25.0 Å². The van der Waals surface area contributed by atoms with Gasteiger partial charge in [-0.15, -0.1) is 0 Å². The van der Waals surface area contributed by atoms with E-state index in [-0.39, 0.29) is 0 Å². The van der Waals surface area contributed by atoms with Crippen molar-refractivity contribution in [2.75, 3.05) is 18.5 Å². The molecule has 0 aromatic heterocycles. The van der Waals surface area contributed by atoms with E-state index in [9.17, 15) is 0 Å². The molecule has 15 heavy (non-hydrogen) atoms.